The fourth-order valence-electron chi connectivity index (χ4n) is 2.56. The zero-order valence-corrected chi connectivity index (χ0v) is 15.0. The molecule has 0 bridgehead atoms. The van der Waals surface area contributed by atoms with Crippen molar-refractivity contribution < 1.29 is 4.92 Å². The number of aryl methyl sites for hydroxylation is 1. The van der Waals surface area contributed by atoms with Crippen LogP contribution in [0.5, 0.6) is 0 Å². The summed E-state index contributed by atoms with van der Waals surface area (Å²) in [5, 5.41) is 12.2. The zero-order chi connectivity index (χ0) is 16.4. The molecule has 1 aromatic heterocycles. The quantitative estimate of drug-likeness (QED) is 0.582. The molecule has 0 aliphatic carbocycles. The number of hydrogen-bond donors (Lipinski definition) is 0. The molecule has 1 fully saturated rings. The average molecular weight is 398 g/mol. The molecule has 7 nitrogen and oxygen atoms in total. The second-order valence-electron chi connectivity index (χ2n) is 5.21. The number of aromatic nitrogens is 2. The number of piperazine rings is 1. The van der Waals surface area contributed by atoms with Crippen molar-refractivity contribution in [3.05, 3.63) is 38.6 Å². The summed E-state index contributed by atoms with van der Waals surface area (Å²) in [4.78, 5) is 19.7. The summed E-state index contributed by atoms with van der Waals surface area (Å²) < 4.78 is 5.16. The lowest BCUT2D eigenvalue weighted by Gasteiger charge is -2.35. The number of nitro benzene ring substituents is 1. The third kappa shape index (κ3) is 3.45. The molecule has 3 rings (SSSR count). The summed E-state index contributed by atoms with van der Waals surface area (Å²) in [6, 6.07) is 5.06. The van der Waals surface area contributed by atoms with E-state index in [4.69, 9.17) is 0 Å². The summed E-state index contributed by atoms with van der Waals surface area (Å²) in [6.07, 6.45) is 0.834. The molecule has 9 heteroatoms. The molecule has 0 atom stereocenters. The molecule has 0 saturated carbocycles. The maximum absolute atomic E-state index is 11.2. The summed E-state index contributed by atoms with van der Waals surface area (Å²) >= 11 is 4.81. The van der Waals surface area contributed by atoms with Crippen LogP contribution < -0.4 is 9.80 Å². The third-order valence-corrected chi connectivity index (χ3v) is 5.11. The third-order valence-electron chi connectivity index (χ3n) is 3.80. The maximum Gasteiger partial charge on any atom is 0.292 e. The molecular formula is C14H16BrN5O2S. The Labute approximate surface area is 146 Å². The minimum atomic E-state index is -0.327. The first-order valence-corrected chi connectivity index (χ1v) is 8.91. The summed E-state index contributed by atoms with van der Waals surface area (Å²) in [5.74, 6) is 0.870. The molecule has 1 aromatic carbocycles. The van der Waals surface area contributed by atoms with Gasteiger partial charge in [0.25, 0.3) is 5.69 Å². The molecule has 2 heterocycles. The van der Waals surface area contributed by atoms with Crippen LogP contribution >= 0.6 is 27.5 Å². The Kier molecular flexibility index (Phi) is 4.76. The summed E-state index contributed by atoms with van der Waals surface area (Å²) in [5.41, 5.74) is 0.807. The Morgan fingerprint density at radius 1 is 1.30 bits per heavy atom. The van der Waals surface area contributed by atoms with E-state index in [-0.39, 0.29) is 10.6 Å². The van der Waals surface area contributed by atoms with Gasteiger partial charge in [0, 0.05) is 54.7 Å². The lowest BCUT2D eigenvalue weighted by atomic mass is 10.2. The first kappa shape index (κ1) is 16.1. The van der Waals surface area contributed by atoms with Crippen LogP contribution in [-0.2, 0) is 6.42 Å². The second-order valence-corrected chi connectivity index (χ2v) is 6.86. The van der Waals surface area contributed by atoms with Crippen LogP contribution in [0.25, 0.3) is 0 Å². The van der Waals surface area contributed by atoms with E-state index in [2.05, 4.69) is 35.1 Å². The highest BCUT2D eigenvalue weighted by Gasteiger charge is 2.25. The van der Waals surface area contributed by atoms with Crippen molar-refractivity contribution in [1.82, 2.24) is 9.36 Å². The Morgan fingerprint density at radius 2 is 2.00 bits per heavy atom. The number of hydrogen-bond acceptors (Lipinski definition) is 7. The van der Waals surface area contributed by atoms with Crippen LogP contribution in [0.15, 0.2) is 22.7 Å². The number of benzene rings is 1. The van der Waals surface area contributed by atoms with E-state index in [0.717, 1.165) is 48.0 Å². The number of nitro groups is 1. The topological polar surface area (TPSA) is 75.4 Å². The van der Waals surface area contributed by atoms with Crippen molar-refractivity contribution >= 4 is 44.0 Å². The Hall–Kier alpha value is -1.74. The normalized spacial score (nSPS) is 15.0. The molecule has 0 amide bonds. The minimum Gasteiger partial charge on any atom is -0.362 e. The van der Waals surface area contributed by atoms with Crippen molar-refractivity contribution in [3.8, 4) is 0 Å². The Balaban J connectivity index is 1.74. The summed E-state index contributed by atoms with van der Waals surface area (Å²) in [7, 11) is 0. The SMILES string of the molecule is CCc1nsc(N2CCN(c3cc(Br)ccc3[N+](=O)[O-])CC2)n1. The summed E-state index contributed by atoms with van der Waals surface area (Å²) in [6.45, 7) is 5.04. The molecule has 2 aromatic rings. The second kappa shape index (κ2) is 6.79. The molecule has 0 unspecified atom stereocenters. The molecular weight excluding hydrogens is 382 g/mol. The largest absolute Gasteiger partial charge is 0.362 e. The van der Waals surface area contributed by atoms with Gasteiger partial charge < -0.3 is 9.80 Å². The fraction of sp³-hybridized carbons (Fsp3) is 0.429. The smallest absolute Gasteiger partial charge is 0.292 e. The van der Waals surface area contributed by atoms with Crippen LogP contribution in [-0.4, -0.2) is 40.5 Å². The molecule has 1 aliphatic heterocycles. The minimum absolute atomic E-state index is 0.144. The van der Waals surface area contributed by atoms with Crippen LogP contribution in [0.4, 0.5) is 16.5 Å². The van der Waals surface area contributed by atoms with Gasteiger partial charge in [-0.1, -0.05) is 22.9 Å². The predicted octanol–water partition coefficient (Wildman–Crippen LogP) is 3.10. The van der Waals surface area contributed by atoms with Gasteiger partial charge in [-0.15, -0.1) is 0 Å². The van der Waals surface area contributed by atoms with Crippen molar-refractivity contribution in [2.24, 2.45) is 0 Å². The van der Waals surface area contributed by atoms with E-state index in [9.17, 15) is 10.1 Å². The Bertz CT molecular complexity index is 715. The van der Waals surface area contributed by atoms with Crippen molar-refractivity contribution in [2.45, 2.75) is 13.3 Å². The predicted molar refractivity (Wildman–Crippen MR) is 94.5 cm³/mol. The van der Waals surface area contributed by atoms with Gasteiger partial charge in [0.15, 0.2) is 0 Å². The highest BCUT2D eigenvalue weighted by Crippen LogP contribution is 2.32. The van der Waals surface area contributed by atoms with Crippen molar-refractivity contribution in [3.63, 3.8) is 0 Å². The van der Waals surface area contributed by atoms with Gasteiger partial charge in [-0.2, -0.15) is 4.37 Å². The molecule has 0 radical (unpaired) electrons. The van der Waals surface area contributed by atoms with E-state index in [1.165, 1.54) is 11.5 Å². The van der Waals surface area contributed by atoms with E-state index in [1.807, 2.05) is 13.0 Å². The fourth-order valence-corrected chi connectivity index (χ4v) is 3.71. The molecule has 122 valence electrons. The van der Waals surface area contributed by atoms with Gasteiger partial charge in [-0.05, 0) is 12.1 Å². The molecule has 0 N–H and O–H groups in total. The van der Waals surface area contributed by atoms with Gasteiger partial charge in [-0.25, -0.2) is 4.98 Å². The first-order chi connectivity index (χ1) is 11.1. The van der Waals surface area contributed by atoms with E-state index < -0.39 is 0 Å². The van der Waals surface area contributed by atoms with Crippen molar-refractivity contribution in [1.29, 1.82) is 0 Å². The number of halogens is 1. The van der Waals surface area contributed by atoms with Crippen LogP contribution in [0.3, 0.4) is 0 Å². The number of anilines is 2. The van der Waals surface area contributed by atoms with E-state index in [0.29, 0.717) is 5.69 Å². The van der Waals surface area contributed by atoms with Gasteiger partial charge in [-0.3, -0.25) is 10.1 Å². The molecule has 1 aliphatic rings. The monoisotopic (exact) mass is 397 g/mol. The van der Waals surface area contributed by atoms with E-state index in [1.54, 1.807) is 12.1 Å². The molecule has 1 saturated heterocycles. The van der Waals surface area contributed by atoms with Gasteiger partial charge >= 0.3 is 0 Å². The lowest BCUT2D eigenvalue weighted by molar-refractivity contribution is -0.384. The van der Waals surface area contributed by atoms with Gasteiger partial charge in [0.2, 0.25) is 5.13 Å². The molecule has 0 spiro atoms. The maximum atomic E-state index is 11.2. The highest BCUT2D eigenvalue weighted by atomic mass is 79.9. The van der Waals surface area contributed by atoms with E-state index >= 15 is 0 Å². The standard InChI is InChI=1S/C14H16BrN5O2S/c1-2-13-16-14(23-17-13)19-7-5-18(6-8-19)12-9-10(15)3-4-11(12)20(21)22/h3-4,9H,2,5-8H2,1H3. The van der Waals surface area contributed by atoms with Crippen LogP contribution in [0, 0.1) is 10.1 Å². The van der Waals surface area contributed by atoms with Crippen molar-refractivity contribution in [2.75, 3.05) is 36.0 Å². The number of nitrogens with zero attached hydrogens (tertiary/aromatic N) is 5. The number of rotatable bonds is 4. The molecule has 23 heavy (non-hydrogen) atoms. The Morgan fingerprint density at radius 3 is 2.61 bits per heavy atom. The first-order valence-electron chi connectivity index (χ1n) is 7.35. The highest BCUT2D eigenvalue weighted by molar-refractivity contribution is 9.10. The lowest BCUT2D eigenvalue weighted by Crippen LogP contribution is -2.46. The van der Waals surface area contributed by atoms with Crippen LogP contribution in [0.2, 0.25) is 0 Å². The van der Waals surface area contributed by atoms with Gasteiger partial charge in [0.1, 0.15) is 11.5 Å². The van der Waals surface area contributed by atoms with Gasteiger partial charge in [0.05, 0.1) is 4.92 Å². The van der Waals surface area contributed by atoms with Crippen LogP contribution in [0.1, 0.15) is 12.7 Å². The zero-order valence-electron chi connectivity index (χ0n) is 12.6. The average Bonchev–Trinajstić information content (AvgIpc) is 3.04.